The van der Waals surface area contributed by atoms with Gasteiger partial charge >= 0.3 is 0 Å². The molecule has 1 aliphatic rings. The maximum absolute atomic E-state index is 14.1. The standard InChI is InChI=1S/C22H20ClFN4O3S/c23-16-6-3-4-13(19(16)24)10-26-21(31)22-28(8-9-32-22)18(29)12-27-11-15(20(25)30)14-5-1-2-7-17(14)27/h1-7,11,22H,8-10,12H2,(H2,25,30)(H,26,31)/t22-/m0/s1. The molecule has 1 saturated heterocycles. The minimum atomic E-state index is -0.720. The molecule has 0 unspecified atom stereocenters. The Kier molecular flexibility index (Phi) is 6.38. The number of thioether (sulfide) groups is 1. The number of halogens is 2. The van der Waals surface area contributed by atoms with Crippen molar-refractivity contribution in [1.82, 2.24) is 14.8 Å². The molecule has 2 aromatic carbocycles. The van der Waals surface area contributed by atoms with E-state index in [-0.39, 0.29) is 35.5 Å². The van der Waals surface area contributed by atoms with Crippen LogP contribution in [0.5, 0.6) is 0 Å². The van der Waals surface area contributed by atoms with Crippen molar-refractivity contribution in [2.45, 2.75) is 18.5 Å². The molecule has 4 rings (SSSR count). The van der Waals surface area contributed by atoms with Crippen LogP contribution in [0, 0.1) is 5.82 Å². The molecule has 1 atom stereocenters. The van der Waals surface area contributed by atoms with Gasteiger partial charge in [-0.3, -0.25) is 14.4 Å². The van der Waals surface area contributed by atoms with Crippen molar-refractivity contribution >= 4 is 52.0 Å². The number of carbonyl (C=O) groups excluding carboxylic acids is 3. The van der Waals surface area contributed by atoms with Gasteiger partial charge in [-0.25, -0.2) is 4.39 Å². The van der Waals surface area contributed by atoms with Crippen LogP contribution in [0.4, 0.5) is 4.39 Å². The molecule has 7 nitrogen and oxygen atoms in total. The van der Waals surface area contributed by atoms with Crippen molar-refractivity contribution in [2.75, 3.05) is 12.3 Å². The van der Waals surface area contributed by atoms with Gasteiger partial charge in [-0.05, 0) is 12.1 Å². The molecule has 3 aromatic rings. The van der Waals surface area contributed by atoms with Gasteiger partial charge in [0.2, 0.25) is 5.91 Å². The molecule has 3 N–H and O–H groups in total. The summed E-state index contributed by atoms with van der Waals surface area (Å²) in [5, 5.41) is 2.62. The molecular formula is C22H20ClFN4O3S. The number of aromatic nitrogens is 1. The summed E-state index contributed by atoms with van der Waals surface area (Å²) in [4.78, 5) is 39.0. The highest BCUT2D eigenvalue weighted by Gasteiger charge is 2.35. The number of para-hydroxylation sites is 1. The minimum absolute atomic E-state index is 0.0157. The summed E-state index contributed by atoms with van der Waals surface area (Å²) in [5.41, 5.74) is 6.78. The normalized spacial score (nSPS) is 15.8. The van der Waals surface area contributed by atoms with Crippen molar-refractivity contribution in [2.24, 2.45) is 5.73 Å². The Labute approximate surface area is 192 Å². The van der Waals surface area contributed by atoms with E-state index in [1.165, 1.54) is 22.7 Å². The van der Waals surface area contributed by atoms with Gasteiger partial charge in [0.1, 0.15) is 12.4 Å². The minimum Gasteiger partial charge on any atom is -0.366 e. The highest BCUT2D eigenvalue weighted by Crippen LogP contribution is 2.26. The number of hydrogen-bond donors (Lipinski definition) is 2. The predicted octanol–water partition coefficient (Wildman–Crippen LogP) is 2.75. The third-order valence-electron chi connectivity index (χ3n) is 5.28. The van der Waals surface area contributed by atoms with Gasteiger partial charge < -0.3 is 20.5 Å². The third-order valence-corrected chi connectivity index (χ3v) is 6.77. The molecule has 0 bridgehead atoms. The van der Waals surface area contributed by atoms with Crippen LogP contribution in [0.1, 0.15) is 15.9 Å². The van der Waals surface area contributed by atoms with Crippen LogP contribution >= 0.6 is 23.4 Å². The molecule has 2 heterocycles. The number of rotatable bonds is 6. The Bertz CT molecular complexity index is 1220. The van der Waals surface area contributed by atoms with Crippen LogP contribution in [0.2, 0.25) is 5.02 Å². The smallest absolute Gasteiger partial charge is 0.253 e. The van der Waals surface area contributed by atoms with E-state index in [1.807, 2.05) is 6.07 Å². The first-order valence-corrected chi connectivity index (χ1v) is 11.3. The van der Waals surface area contributed by atoms with E-state index in [9.17, 15) is 18.8 Å². The molecule has 0 radical (unpaired) electrons. The van der Waals surface area contributed by atoms with E-state index in [4.69, 9.17) is 17.3 Å². The lowest BCUT2D eigenvalue weighted by Crippen LogP contribution is -2.45. The fourth-order valence-corrected chi connectivity index (χ4v) is 5.06. The Hall–Kier alpha value is -3.04. The summed E-state index contributed by atoms with van der Waals surface area (Å²) in [6, 6.07) is 11.8. The lowest BCUT2D eigenvalue weighted by Gasteiger charge is -2.23. The summed E-state index contributed by atoms with van der Waals surface area (Å²) < 4.78 is 15.7. The fraction of sp³-hybridized carbons (Fsp3) is 0.227. The third kappa shape index (κ3) is 4.31. The zero-order valence-corrected chi connectivity index (χ0v) is 18.5. The molecule has 1 fully saturated rings. The molecular weight excluding hydrogens is 455 g/mol. The zero-order chi connectivity index (χ0) is 22.8. The van der Waals surface area contributed by atoms with E-state index < -0.39 is 17.1 Å². The number of primary amides is 1. The number of amides is 3. The first-order chi connectivity index (χ1) is 15.4. The molecule has 0 spiro atoms. The molecule has 166 valence electrons. The second-order valence-corrected chi connectivity index (χ2v) is 8.89. The van der Waals surface area contributed by atoms with E-state index >= 15 is 0 Å². The Morgan fingerprint density at radius 3 is 2.75 bits per heavy atom. The van der Waals surface area contributed by atoms with Crippen LogP contribution in [0.25, 0.3) is 10.9 Å². The van der Waals surface area contributed by atoms with Gasteiger partial charge in [-0.15, -0.1) is 11.8 Å². The van der Waals surface area contributed by atoms with Crippen molar-refractivity contribution in [3.63, 3.8) is 0 Å². The largest absolute Gasteiger partial charge is 0.366 e. The average molecular weight is 475 g/mol. The van der Waals surface area contributed by atoms with Gasteiger partial charge in [-0.2, -0.15) is 0 Å². The van der Waals surface area contributed by atoms with E-state index in [1.54, 1.807) is 41.1 Å². The molecule has 0 saturated carbocycles. The SMILES string of the molecule is NC(=O)c1cn(CC(=O)N2CCS[C@H]2C(=O)NCc2cccc(Cl)c2F)c2ccccc12. The van der Waals surface area contributed by atoms with Gasteiger partial charge in [0.25, 0.3) is 11.8 Å². The number of fused-ring (bicyclic) bond motifs is 1. The van der Waals surface area contributed by atoms with E-state index in [0.29, 0.717) is 28.8 Å². The number of benzene rings is 2. The predicted molar refractivity (Wildman–Crippen MR) is 122 cm³/mol. The lowest BCUT2D eigenvalue weighted by molar-refractivity contribution is -0.137. The van der Waals surface area contributed by atoms with Crippen LogP contribution in [0.3, 0.4) is 0 Å². The summed E-state index contributed by atoms with van der Waals surface area (Å²) in [7, 11) is 0. The average Bonchev–Trinajstić information content (AvgIpc) is 3.40. The zero-order valence-electron chi connectivity index (χ0n) is 16.9. The first-order valence-electron chi connectivity index (χ1n) is 9.86. The highest BCUT2D eigenvalue weighted by atomic mass is 35.5. The quantitative estimate of drug-likeness (QED) is 0.574. The van der Waals surface area contributed by atoms with E-state index in [2.05, 4.69) is 5.32 Å². The summed E-state index contributed by atoms with van der Waals surface area (Å²) in [5.74, 6) is -1.19. The first kappa shape index (κ1) is 22.2. The maximum Gasteiger partial charge on any atom is 0.253 e. The van der Waals surface area contributed by atoms with Crippen LogP contribution in [0.15, 0.2) is 48.7 Å². The van der Waals surface area contributed by atoms with Gasteiger partial charge in [0, 0.05) is 41.5 Å². The Morgan fingerprint density at radius 1 is 1.19 bits per heavy atom. The summed E-state index contributed by atoms with van der Waals surface area (Å²) in [6.45, 7) is 0.338. The van der Waals surface area contributed by atoms with Gasteiger partial charge in [0.05, 0.1) is 10.6 Å². The highest BCUT2D eigenvalue weighted by molar-refractivity contribution is 8.00. The second-order valence-electron chi connectivity index (χ2n) is 7.29. The maximum atomic E-state index is 14.1. The van der Waals surface area contributed by atoms with Crippen LogP contribution in [-0.4, -0.2) is 44.9 Å². The summed E-state index contributed by atoms with van der Waals surface area (Å²) >= 11 is 7.13. The van der Waals surface area contributed by atoms with Gasteiger partial charge in [0.15, 0.2) is 5.37 Å². The van der Waals surface area contributed by atoms with Gasteiger partial charge in [-0.1, -0.05) is 41.9 Å². The topological polar surface area (TPSA) is 97.4 Å². The Balaban J connectivity index is 1.47. The number of nitrogens with zero attached hydrogens (tertiary/aromatic N) is 2. The summed E-state index contributed by atoms with van der Waals surface area (Å²) in [6.07, 6.45) is 1.56. The van der Waals surface area contributed by atoms with Crippen molar-refractivity contribution in [1.29, 1.82) is 0 Å². The number of carbonyl (C=O) groups is 3. The van der Waals surface area contributed by atoms with Crippen molar-refractivity contribution in [3.8, 4) is 0 Å². The molecule has 0 aliphatic carbocycles. The molecule has 32 heavy (non-hydrogen) atoms. The van der Waals surface area contributed by atoms with Crippen LogP contribution in [-0.2, 0) is 22.7 Å². The van der Waals surface area contributed by atoms with Crippen LogP contribution < -0.4 is 11.1 Å². The lowest BCUT2D eigenvalue weighted by atomic mass is 10.2. The fourth-order valence-electron chi connectivity index (χ4n) is 3.71. The molecule has 10 heteroatoms. The van der Waals surface area contributed by atoms with E-state index in [0.717, 1.165) is 0 Å². The second kappa shape index (κ2) is 9.22. The molecule has 1 aromatic heterocycles. The number of nitrogens with two attached hydrogens (primary N) is 1. The number of nitrogens with one attached hydrogen (secondary N) is 1. The van der Waals surface area contributed by atoms with Crippen molar-refractivity contribution < 1.29 is 18.8 Å². The molecule has 3 amide bonds. The monoisotopic (exact) mass is 474 g/mol. The Morgan fingerprint density at radius 2 is 1.97 bits per heavy atom. The number of hydrogen-bond acceptors (Lipinski definition) is 4. The molecule has 1 aliphatic heterocycles. The van der Waals surface area contributed by atoms with Crippen molar-refractivity contribution in [3.05, 3.63) is 70.6 Å².